The molecule has 0 aliphatic heterocycles. The average molecular weight is 303 g/mol. The number of fused-ring (bicyclic) bond motifs is 1. The van der Waals surface area contributed by atoms with Crippen LogP contribution < -0.4 is 0 Å². The van der Waals surface area contributed by atoms with E-state index in [1.807, 2.05) is 12.1 Å². The molecule has 0 aliphatic carbocycles. The molecular formula is C10H11BrN2O2S. The standard InChI is InChI=1S/C10H11BrN2O2S/c1-12(2)16(14,15)13-6-5-8-7-9(11)3-4-10(8)13/h3-7H,1-2H3. The normalized spacial score (nSPS) is 12.5. The zero-order valence-electron chi connectivity index (χ0n) is 8.88. The lowest BCUT2D eigenvalue weighted by atomic mass is 10.3. The molecule has 86 valence electrons. The van der Waals surface area contributed by atoms with Gasteiger partial charge in [-0.05, 0) is 24.3 Å². The molecule has 0 N–H and O–H groups in total. The highest BCUT2D eigenvalue weighted by Gasteiger charge is 2.17. The fourth-order valence-corrected chi connectivity index (χ4v) is 2.83. The van der Waals surface area contributed by atoms with Gasteiger partial charge in [0.15, 0.2) is 0 Å². The summed E-state index contributed by atoms with van der Waals surface area (Å²) in [5.74, 6) is 0. The molecule has 0 atom stereocenters. The van der Waals surface area contributed by atoms with Crippen molar-refractivity contribution < 1.29 is 8.42 Å². The monoisotopic (exact) mass is 302 g/mol. The lowest BCUT2D eigenvalue weighted by molar-refractivity contribution is 0.512. The van der Waals surface area contributed by atoms with Gasteiger partial charge >= 0.3 is 10.2 Å². The molecule has 4 nitrogen and oxygen atoms in total. The van der Waals surface area contributed by atoms with Gasteiger partial charge in [0.05, 0.1) is 5.52 Å². The van der Waals surface area contributed by atoms with Crippen LogP contribution in [0.4, 0.5) is 0 Å². The van der Waals surface area contributed by atoms with E-state index in [0.717, 1.165) is 9.86 Å². The number of benzene rings is 1. The number of hydrogen-bond acceptors (Lipinski definition) is 2. The van der Waals surface area contributed by atoms with Crippen molar-refractivity contribution in [1.82, 2.24) is 8.28 Å². The van der Waals surface area contributed by atoms with E-state index in [0.29, 0.717) is 5.52 Å². The van der Waals surface area contributed by atoms with Crippen LogP contribution in [0.3, 0.4) is 0 Å². The SMILES string of the molecule is CN(C)S(=O)(=O)n1ccc2cc(Br)ccc21. The highest BCUT2D eigenvalue weighted by Crippen LogP contribution is 2.22. The van der Waals surface area contributed by atoms with Crippen molar-refractivity contribution in [2.24, 2.45) is 0 Å². The molecule has 1 heterocycles. The van der Waals surface area contributed by atoms with Crippen molar-refractivity contribution >= 4 is 37.0 Å². The fourth-order valence-electron chi connectivity index (χ4n) is 1.46. The quantitative estimate of drug-likeness (QED) is 0.852. The second-order valence-electron chi connectivity index (χ2n) is 3.60. The van der Waals surface area contributed by atoms with Gasteiger partial charge in [-0.15, -0.1) is 0 Å². The molecule has 0 fully saturated rings. The van der Waals surface area contributed by atoms with E-state index in [1.165, 1.54) is 22.4 Å². The fraction of sp³-hybridized carbons (Fsp3) is 0.200. The lowest BCUT2D eigenvalue weighted by Crippen LogP contribution is -2.28. The Kier molecular flexibility index (Phi) is 2.81. The minimum Gasteiger partial charge on any atom is -0.232 e. The first-order chi connectivity index (χ1) is 7.43. The zero-order valence-corrected chi connectivity index (χ0v) is 11.3. The van der Waals surface area contributed by atoms with Gasteiger partial charge in [0.1, 0.15) is 0 Å². The predicted octanol–water partition coefficient (Wildman–Crippen LogP) is 2.06. The van der Waals surface area contributed by atoms with E-state index in [2.05, 4.69) is 15.9 Å². The van der Waals surface area contributed by atoms with Crippen LogP contribution >= 0.6 is 15.9 Å². The summed E-state index contributed by atoms with van der Waals surface area (Å²) in [6, 6.07) is 7.27. The van der Waals surface area contributed by atoms with Crippen LogP contribution in [0, 0.1) is 0 Å². The van der Waals surface area contributed by atoms with E-state index in [4.69, 9.17) is 0 Å². The Morgan fingerprint density at radius 2 is 1.94 bits per heavy atom. The third-order valence-electron chi connectivity index (χ3n) is 2.33. The molecule has 16 heavy (non-hydrogen) atoms. The maximum atomic E-state index is 12.0. The molecule has 0 bridgehead atoms. The average Bonchev–Trinajstić information content (AvgIpc) is 2.60. The Morgan fingerprint density at radius 3 is 2.56 bits per heavy atom. The van der Waals surface area contributed by atoms with Gasteiger partial charge in [-0.3, -0.25) is 0 Å². The minimum absolute atomic E-state index is 0.678. The van der Waals surface area contributed by atoms with Crippen molar-refractivity contribution in [3.63, 3.8) is 0 Å². The van der Waals surface area contributed by atoms with Crippen LogP contribution in [0.25, 0.3) is 10.9 Å². The van der Waals surface area contributed by atoms with Crippen LogP contribution in [-0.4, -0.2) is 30.8 Å². The molecule has 0 unspecified atom stereocenters. The summed E-state index contributed by atoms with van der Waals surface area (Å²) < 4.78 is 27.3. The highest BCUT2D eigenvalue weighted by atomic mass is 79.9. The largest absolute Gasteiger partial charge is 0.307 e. The zero-order chi connectivity index (χ0) is 11.9. The maximum absolute atomic E-state index is 12.0. The van der Waals surface area contributed by atoms with Gasteiger partial charge in [0.25, 0.3) is 0 Å². The molecule has 0 saturated carbocycles. The van der Waals surface area contributed by atoms with Crippen molar-refractivity contribution in [2.75, 3.05) is 14.1 Å². The summed E-state index contributed by atoms with van der Waals surface area (Å²) in [5, 5.41) is 0.889. The van der Waals surface area contributed by atoms with Gasteiger partial charge in [0.2, 0.25) is 0 Å². The van der Waals surface area contributed by atoms with Crippen LogP contribution in [0.5, 0.6) is 0 Å². The molecule has 1 aromatic carbocycles. The third-order valence-corrected chi connectivity index (χ3v) is 4.56. The topological polar surface area (TPSA) is 42.3 Å². The Labute approximate surface area is 103 Å². The first-order valence-electron chi connectivity index (χ1n) is 4.62. The third kappa shape index (κ3) is 1.77. The molecule has 2 aromatic rings. The number of aromatic nitrogens is 1. The lowest BCUT2D eigenvalue weighted by Gasteiger charge is -2.13. The van der Waals surface area contributed by atoms with E-state index in [1.54, 1.807) is 18.3 Å². The Bertz CT molecular complexity index is 631. The van der Waals surface area contributed by atoms with Crippen molar-refractivity contribution in [2.45, 2.75) is 0 Å². The molecule has 6 heteroatoms. The molecule has 1 aromatic heterocycles. The summed E-state index contributed by atoms with van der Waals surface area (Å²) in [6.07, 6.45) is 1.56. The van der Waals surface area contributed by atoms with E-state index in [9.17, 15) is 8.42 Å². The summed E-state index contributed by atoms with van der Waals surface area (Å²) in [4.78, 5) is 0. The van der Waals surface area contributed by atoms with Gasteiger partial charge in [-0.25, -0.2) is 3.97 Å². The Balaban J connectivity index is 2.73. The predicted molar refractivity (Wildman–Crippen MR) is 67.6 cm³/mol. The Hall–Kier alpha value is -0.850. The van der Waals surface area contributed by atoms with Gasteiger partial charge in [-0.1, -0.05) is 15.9 Å². The molecule has 0 spiro atoms. The second-order valence-corrected chi connectivity index (χ2v) is 6.54. The first kappa shape index (κ1) is 11.6. The van der Waals surface area contributed by atoms with Crippen molar-refractivity contribution in [1.29, 1.82) is 0 Å². The van der Waals surface area contributed by atoms with Gasteiger partial charge in [0, 0.05) is 30.2 Å². The Morgan fingerprint density at radius 1 is 1.25 bits per heavy atom. The molecular weight excluding hydrogens is 292 g/mol. The summed E-state index contributed by atoms with van der Waals surface area (Å²) in [7, 11) is -0.410. The molecule has 0 aliphatic rings. The number of hydrogen-bond donors (Lipinski definition) is 0. The summed E-state index contributed by atoms with van der Waals surface area (Å²) in [6.45, 7) is 0. The van der Waals surface area contributed by atoms with Gasteiger partial charge < -0.3 is 0 Å². The number of rotatable bonds is 2. The van der Waals surface area contributed by atoms with Crippen molar-refractivity contribution in [3.8, 4) is 0 Å². The first-order valence-corrected chi connectivity index (χ1v) is 6.81. The van der Waals surface area contributed by atoms with Crippen molar-refractivity contribution in [3.05, 3.63) is 34.9 Å². The van der Waals surface area contributed by atoms with E-state index in [-0.39, 0.29) is 0 Å². The van der Waals surface area contributed by atoms with Gasteiger partial charge in [-0.2, -0.15) is 12.7 Å². The maximum Gasteiger partial charge on any atom is 0.307 e. The van der Waals surface area contributed by atoms with E-state index >= 15 is 0 Å². The van der Waals surface area contributed by atoms with Crippen LogP contribution in [0.15, 0.2) is 34.9 Å². The van der Waals surface area contributed by atoms with Crippen LogP contribution in [-0.2, 0) is 10.2 Å². The number of halogens is 1. The molecule has 0 amide bonds. The number of nitrogens with zero attached hydrogens (tertiary/aromatic N) is 2. The molecule has 0 saturated heterocycles. The molecule has 0 radical (unpaired) electrons. The van der Waals surface area contributed by atoms with E-state index < -0.39 is 10.2 Å². The minimum atomic E-state index is -3.44. The summed E-state index contributed by atoms with van der Waals surface area (Å²) >= 11 is 3.35. The summed E-state index contributed by atoms with van der Waals surface area (Å²) in [5.41, 5.74) is 0.678. The second kappa shape index (κ2) is 3.87. The van der Waals surface area contributed by atoms with Crippen LogP contribution in [0.1, 0.15) is 0 Å². The highest BCUT2D eigenvalue weighted by molar-refractivity contribution is 9.10. The smallest absolute Gasteiger partial charge is 0.232 e. The van der Waals surface area contributed by atoms with Crippen LogP contribution in [0.2, 0.25) is 0 Å². The molecule has 2 rings (SSSR count).